The summed E-state index contributed by atoms with van der Waals surface area (Å²) >= 11 is 0. The minimum atomic E-state index is -4.39. The van der Waals surface area contributed by atoms with Gasteiger partial charge in [0.2, 0.25) is 0 Å². The topological polar surface area (TPSA) is 29.5 Å². The maximum atomic E-state index is 12.8. The van der Waals surface area contributed by atoms with Crippen LogP contribution in [0, 0.1) is 0 Å². The molecule has 21 heavy (non-hydrogen) atoms. The number of hydrogen-bond donors (Lipinski definition) is 1. The first-order valence-corrected chi connectivity index (χ1v) is 6.56. The molecule has 0 aromatic heterocycles. The van der Waals surface area contributed by atoms with E-state index in [1.165, 1.54) is 6.07 Å². The Labute approximate surface area is 119 Å². The normalized spacial score (nSPS) is 21.5. The minimum absolute atomic E-state index is 0.234. The maximum Gasteiger partial charge on any atom is 0.416 e. The molecule has 3 rings (SSSR count). The number of aliphatic hydroxyl groups excluding tert-OH is 1. The molecule has 1 aliphatic rings. The van der Waals surface area contributed by atoms with Crippen molar-refractivity contribution in [2.45, 2.75) is 24.8 Å². The number of halogens is 3. The molecular formula is C16H13F3O2. The lowest BCUT2D eigenvalue weighted by atomic mass is 9.94. The largest absolute Gasteiger partial charge is 0.485 e. The van der Waals surface area contributed by atoms with Gasteiger partial charge in [-0.2, -0.15) is 13.2 Å². The number of fused-ring (bicyclic) bond motifs is 1. The molecule has 0 fully saturated rings. The third-order valence-corrected chi connectivity index (χ3v) is 3.57. The van der Waals surface area contributed by atoms with Crippen LogP contribution in [0.2, 0.25) is 0 Å². The zero-order valence-corrected chi connectivity index (χ0v) is 11.0. The van der Waals surface area contributed by atoms with Crippen molar-refractivity contribution in [3.05, 3.63) is 65.2 Å². The molecule has 2 atom stereocenters. The quantitative estimate of drug-likeness (QED) is 0.851. The van der Waals surface area contributed by atoms with E-state index in [0.29, 0.717) is 16.9 Å². The van der Waals surface area contributed by atoms with Crippen LogP contribution in [-0.2, 0) is 6.18 Å². The predicted octanol–water partition coefficient (Wildman–Crippen LogP) is 4.26. The van der Waals surface area contributed by atoms with E-state index in [2.05, 4.69) is 0 Å². The highest BCUT2D eigenvalue weighted by molar-refractivity contribution is 5.39. The molecule has 0 saturated heterocycles. The Morgan fingerprint density at radius 3 is 2.57 bits per heavy atom. The molecule has 110 valence electrons. The van der Waals surface area contributed by atoms with Gasteiger partial charge in [-0.3, -0.25) is 0 Å². The lowest BCUT2D eigenvalue weighted by Crippen LogP contribution is -2.19. The fourth-order valence-electron chi connectivity index (χ4n) is 2.51. The van der Waals surface area contributed by atoms with Crippen molar-refractivity contribution in [3.8, 4) is 5.75 Å². The number of para-hydroxylation sites is 1. The SMILES string of the molecule is OC1CC(c2cccc(C(F)(F)F)c2)Oc2ccccc21. The molecule has 0 bridgehead atoms. The first kappa shape index (κ1) is 13.9. The smallest absolute Gasteiger partial charge is 0.416 e. The van der Waals surface area contributed by atoms with Crippen LogP contribution in [-0.4, -0.2) is 5.11 Å². The van der Waals surface area contributed by atoms with Gasteiger partial charge >= 0.3 is 6.18 Å². The molecule has 1 aliphatic heterocycles. The predicted molar refractivity (Wildman–Crippen MR) is 70.8 cm³/mol. The van der Waals surface area contributed by atoms with Gasteiger partial charge in [-0.05, 0) is 23.8 Å². The van der Waals surface area contributed by atoms with Gasteiger partial charge in [0.05, 0.1) is 11.7 Å². The Morgan fingerprint density at radius 1 is 1.05 bits per heavy atom. The summed E-state index contributed by atoms with van der Waals surface area (Å²) in [5, 5.41) is 10.1. The average Bonchev–Trinajstić information content (AvgIpc) is 2.46. The highest BCUT2D eigenvalue weighted by Gasteiger charge is 2.33. The summed E-state index contributed by atoms with van der Waals surface area (Å²) in [6.07, 6.45) is -5.48. The first-order chi connectivity index (χ1) is 9.95. The second-order valence-electron chi connectivity index (χ2n) is 5.02. The molecule has 1 heterocycles. The van der Waals surface area contributed by atoms with Crippen molar-refractivity contribution in [1.29, 1.82) is 0 Å². The van der Waals surface area contributed by atoms with E-state index in [1.54, 1.807) is 30.3 Å². The molecule has 2 aromatic rings. The van der Waals surface area contributed by atoms with Crippen LogP contribution in [0.4, 0.5) is 13.2 Å². The van der Waals surface area contributed by atoms with Crippen molar-refractivity contribution in [2.75, 3.05) is 0 Å². The third kappa shape index (κ3) is 2.74. The van der Waals surface area contributed by atoms with Crippen molar-refractivity contribution >= 4 is 0 Å². The van der Waals surface area contributed by atoms with E-state index in [1.807, 2.05) is 0 Å². The molecule has 0 saturated carbocycles. The van der Waals surface area contributed by atoms with Gasteiger partial charge in [0.1, 0.15) is 11.9 Å². The Bertz CT molecular complexity index is 652. The molecule has 2 unspecified atom stereocenters. The van der Waals surface area contributed by atoms with Crippen LogP contribution >= 0.6 is 0 Å². The van der Waals surface area contributed by atoms with Crippen LogP contribution in [0.5, 0.6) is 5.75 Å². The molecule has 2 aromatic carbocycles. The van der Waals surface area contributed by atoms with Gasteiger partial charge in [-0.15, -0.1) is 0 Å². The molecular weight excluding hydrogens is 281 g/mol. The Kier molecular flexibility index (Phi) is 3.37. The van der Waals surface area contributed by atoms with Gasteiger partial charge in [-0.1, -0.05) is 30.3 Å². The zero-order valence-electron chi connectivity index (χ0n) is 11.0. The lowest BCUT2D eigenvalue weighted by Gasteiger charge is -2.30. The molecule has 0 aliphatic carbocycles. The summed E-state index contributed by atoms with van der Waals surface area (Å²) in [6.45, 7) is 0. The summed E-state index contributed by atoms with van der Waals surface area (Å²) in [6, 6.07) is 12.0. The van der Waals surface area contributed by atoms with Gasteiger partial charge < -0.3 is 9.84 Å². The maximum absolute atomic E-state index is 12.8. The number of ether oxygens (including phenoxy) is 1. The number of hydrogen-bond acceptors (Lipinski definition) is 2. The molecule has 0 amide bonds. The van der Waals surface area contributed by atoms with Crippen molar-refractivity contribution in [3.63, 3.8) is 0 Å². The number of alkyl halides is 3. The fourth-order valence-corrected chi connectivity index (χ4v) is 2.51. The van der Waals surface area contributed by atoms with Crippen molar-refractivity contribution in [1.82, 2.24) is 0 Å². The lowest BCUT2D eigenvalue weighted by molar-refractivity contribution is -0.137. The fraction of sp³-hybridized carbons (Fsp3) is 0.250. The number of benzene rings is 2. The Balaban J connectivity index is 1.93. The van der Waals surface area contributed by atoms with Crippen LogP contribution < -0.4 is 4.74 Å². The van der Waals surface area contributed by atoms with Crippen LogP contribution in [0.3, 0.4) is 0 Å². The number of aliphatic hydroxyl groups is 1. The molecule has 2 nitrogen and oxygen atoms in total. The van der Waals surface area contributed by atoms with Gasteiger partial charge in [0.25, 0.3) is 0 Å². The standard InChI is InChI=1S/C16H13F3O2/c17-16(18,19)11-5-3-4-10(8-11)15-9-13(20)12-6-1-2-7-14(12)21-15/h1-8,13,15,20H,9H2. The zero-order chi connectivity index (χ0) is 15.0. The highest BCUT2D eigenvalue weighted by atomic mass is 19.4. The summed E-state index contributed by atoms with van der Waals surface area (Å²) < 4.78 is 44.0. The van der Waals surface area contributed by atoms with Gasteiger partial charge in [0, 0.05) is 12.0 Å². The Hall–Kier alpha value is -2.01. The van der Waals surface area contributed by atoms with E-state index in [-0.39, 0.29) is 6.42 Å². The van der Waals surface area contributed by atoms with Crippen LogP contribution in [0.15, 0.2) is 48.5 Å². The molecule has 0 spiro atoms. The Morgan fingerprint density at radius 2 is 1.81 bits per heavy atom. The highest BCUT2D eigenvalue weighted by Crippen LogP contribution is 2.41. The average molecular weight is 294 g/mol. The van der Waals surface area contributed by atoms with Crippen molar-refractivity contribution in [2.24, 2.45) is 0 Å². The van der Waals surface area contributed by atoms with Gasteiger partial charge in [0.15, 0.2) is 0 Å². The molecule has 0 radical (unpaired) electrons. The van der Waals surface area contributed by atoms with E-state index in [4.69, 9.17) is 4.74 Å². The van der Waals surface area contributed by atoms with Crippen molar-refractivity contribution < 1.29 is 23.0 Å². The first-order valence-electron chi connectivity index (χ1n) is 6.56. The van der Waals surface area contributed by atoms with E-state index in [0.717, 1.165) is 12.1 Å². The summed E-state index contributed by atoms with van der Waals surface area (Å²) in [5.74, 6) is 0.513. The van der Waals surface area contributed by atoms with E-state index in [9.17, 15) is 18.3 Å². The second kappa shape index (κ2) is 5.07. The van der Waals surface area contributed by atoms with Gasteiger partial charge in [-0.25, -0.2) is 0 Å². The number of rotatable bonds is 1. The van der Waals surface area contributed by atoms with Crippen LogP contribution in [0.25, 0.3) is 0 Å². The van der Waals surface area contributed by atoms with E-state index < -0.39 is 23.9 Å². The molecule has 1 N–H and O–H groups in total. The van der Waals surface area contributed by atoms with Crippen LogP contribution in [0.1, 0.15) is 35.3 Å². The monoisotopic (exact) mass is 294 g/mol. The molecule has 5 heteroatoms. The van der Waals surface area contributed by atoms with E-state index >= 15 is 0 Å². The summed E-state index contributed by atoms with van der Waals surface area (Å²) in [5.41, 5.74) is 0.371. The minimum Gasteiger partial charge on any atom is -0.485 e. The second-order valence-corrected chi connectivity index (χ2v) is 5.02. The summed E-state index contributed by atoms with van der Waals surface area (Å²) in [4.78, 5) is 0. The summed E-state index contributed by atoms with van der Waals surface area (Å²) in [7, 11) is 0. The third-order valence-electron chi connectivity index (χ3n) is 3.57.